The highest BCUT2D eigenvalue weighted by molar-refractivity contribution is 9.10. The molecule has 1 aliphatic rings. The zero-order chi connectivity index (χ0) is 19.4. The predicted molar refractivity (Wildman–Crippen MR) is 108 cm³/mol. The van der Waals surface area contributed by atoms with Crippen LogP contribution >= 0.6 is 27.7 Å². The van der Waals surface area contributed by atoms with Crippen molar-refractivity contribution in [3.8, 4) is 0 Å². The van der Waals surface area contributed by atoms with Gasteiger partial charge in [-0.1, -0.05) is 29.8 Å². The van der Waals surface area contributed by atoms with Crippen LogP contribution in [0.1, 0.15) is 21.5 Å². The van der Waals surface area contributed by atoms with E-state index in [0.29, 0.717) is 14.9 Å². The van der Waals surface area contributed by atoms with Gasteiger partial charge in [0.2, 0.25) is 0 Å². The average Bonchev–Trinajstić information content (AvgIpc) is 2.91. The number of halogens is 1. The monoisotopic (exact) mass is 445 g/mol. The lowest BCUT2D eigenvalue weighted by atomic mass is 10.1. The largest absolute Gasteiger partial charge is 0.350 e. The number of nitrogens with one attached hydrogen (secondary N) is 1. The van der Waals surface area contributed by atoms with Crippen molar-refractivity contribution in [1.82, 2.24) is 15.2 Å². The Labute approximate surface area is 169 Å². The summed E-state index contributed by atoms with van der Waals surface area (Å²) in [5.74, 6) is -0.657. The van der Waals surface area contributed by atoms with E-state index in [0.717, 1.165) is 27.8 Å². The first kappa shape index (κ1) is 19.3. The van der Waals surface area contributed by atoms with E-state index in [2.05, 4.69) is 26.2 Å². The minimum atomic E-state index is -0.344. The molecule has 0 atom stereocenters. The number of amides is 3. The predicted octanol–water partition coefficient (Wildman–Crippen LogP) is 3.62. The fourth-order valence-corrected chi connectivity index (χ4v) is 3.66. The summed E-state index contributed by atoms with van der Waals surface area (Å²) in [5, 5.41) is 2.35. The number of aromatic nitrogens is 1. The van der Waals surface area contributed by atoms with Gasteiger partial charge in [-0.3, -0.25) is 24.3 Å². The number of hydrogen-bond donors (Lipinski definition) is 1. The van der Waals surface area contributed by atoms with E-state index in [1.807, 2.05) is 31.2 Å². The molecule has 0 saturated carbocycles. The van der Waals surface area contributed by atoms with Crippen molar-refractivity contribution in [2.45, 2.75) is 6.92 Å². The molecule has 1 aromatic heterocycles. The maximum absolute atomic E-state index is 12.5. The summed E-state index contributed by atoms with van der Waals surface area (Å²) in [6.07, 6.45) is 4.73. The molecule has 138 valence electrons. The Balaban J connectivity index is 1.59. The van der Waals surface area contributed by atoms with Crippen LogP contribution in [0.3, 0.4) is 0 Å². The van der Waals surface area contributed by atoms with Crippen LogP contribution < -0.4 is 5.32 Å². The van der Waals surface area contributed by atoms with Gasteiger partial charge in [-0.25, -0.2) is 0 Å². The van der Waals surface area contributed by atoms with E-state index in [9.17, 15) is 14.4 Å². The van der Waals surface area contributed by atoms with Crippen molar-refractivity contribution < 1.29 is 14.4 Å². The minimum absolute atomic E-state index is 0.114. The highest BCUT2D eigenvalue weighted by Crippen LogP contribution is 2.31. The molecule has 1 aliphatic heterocycles. The van der Waals surface area contributed by atoms with Gasteiger partial charge in [0, 0.05) is 30.0 Å². The van der Waals surface area contributed by atoms with Crippen molar-refractivity contribution in [3.63, 3.8) is 0 Å². The van der Waals surface area contributed by atoms with Crippen LogP contribution in [0.2, 0.25) is 0 Å². The van der Waals surface area contributed by atoms with Crippen LogP contribution in [0.25, 0.3) is 6.08 Å². The number of imide groups is 1. The van der Waals surface area contributed by atoms with Crippen LogP contribution in [0.15, 0.2) is 52.1 Å². The van der Waals surface area contributed by atoms with Gasteiger partial charge < -0.3 is 5.32 Å². The molecule has 27 heavy (non-hydrogen) atoms. The molecular formula is C19H16BrN3O3S. The van der Waals surface area contributed by atoms with Crippen molar-refractivity contribution >= 4 is 50.8 Å². The van der Waals surface area contributed by atoms with Gasteiger partial charge in [-0.05, 0) is 52.3 Å². The first-order valence-electron chi connectivity index (χ1n) is 8.15. The first-order chi connectivity index (χ1) is 12.9. The number of nitrogens with zero attached hydrogens (tertiary/aromatic N) is 2. The highest BCUT2D eigenvalue weighted by Gasteiger charge is 2.34. The number of hydrogen-bond acceptors (Lipinski definition) is 5. The molecule has 0 spiro atoms. The maximum atomic E-state index is 12.5. The summed E-state index contributed by atoms with van der Waals surface area (Å²) in [5.41, 5.74) is 2.39. The van der Waals surface area contributed by atoms with Gasteiger partial charge in [0.1, 0.15) is 0 Å². The number of benzene rings is 1. The fourth-order valence-electron chi connectivity index (χ4n) is 2.43. The molecule has 1 aromatic carbocycles. The molecule has 1 saturated heterocycles. The zero-order valence-corrected chi connectivity index (χ0v) is 16.8. The van der Waals surface area contributed by atoms with Gasteiger partial charge >= 0.3 is 0 Å². The topological polar surface area (TPSA) is 79.4 Å². The molecule has 3 rings (SSSR count). The molecule has 1 N–H and O–H groups in total. The molecule has 0 aliphatic carbocycles. The molecular weight excluding hydrogens is 430 g/mol. The first-order valence-corrected chi connectivity index (χ1v) is 9.76. The van der Waals surface area contributed by atoms with Crippen molar-refractivity contribution in [2.75, 3.05) is 13.1 Å². The third-order valence-electron chi connectivity index (χ3n) is 3.84. The molecule has 0 radical (unpaired) electrons. The third kappa shape index (κ3) is 4.84. The van der Waals surface area contributed by atoms with Gasteiger partial charge in [-0.2, -0.15) is 0 Å². The lowest BCUT2D eigenvalue weighted by molar-refractivity contribution is -0.122. The van der Waals surface area contributed by atoms with E-state index in [-0.39, 0.29) is 30.1 Å². The van der Waals surface area contributed by atoms with E-state index in [1.165, 1.54) is 6.20 Å². The molecule has 0 bridgehead atoms. The van der Waals surface area contributed by atoms with Crippen LogP contribution in [-0.4, -0.2) is 40.0 Å². The second kappa shape index (κ2) is 8.49. The van der Waals surface area contributed by atoms with Crippen LogP contribution in [0.5, 0.6) is 0 Å². The normalized spacial score (nSPS) is 15.5. The Morgan fingerprint density at radius 2 is 2.00 bits per heavy atom. The Hall–Kier alpha value is -2.45. The van der Waals surface area contributed by atoms with Crippen molar-refractivity contribution in [2.24, 2.45) is 0 Å². The summed E-state index contributed by atoms with van der Waals surface area (Å²) in [7, 11) is 0. The van der Waals surface area contributed by atoms with Gasteiger partial charge in [0.15, 0.2) is 0 Å². The second-order valence-corrected chi connectivity index (χ2v) is 7.80. The summed E-state index contributed by atoms with van der Waals surface area (Å²) in [6, 6.07) is 9.34. The van der Waals surface area contributed by atoms with E-state index in [4.69, 9.17) is 0 Å². The Morgan fingerprint density at radius 1 is 1.26 bits per heavy atom. The van der Waals surface area contributed by atoms with Crippen LogP contribution in [0, 0.1) is 6.92 Å². The smallest absolute Gasteiger partial charge is 0.293 e. The highest BCUT2D eigenvalue weighted by atomic mass is 79.9. The number of rotatable bonds is 5. The number of carbonyl (C=O) groups excluding carboxylic acids is 3. The van der Waals surface area contributed by atoms with Crippen LogP contribution in [0.4, 0.5) is 4.79 Å². The molecule has 6 nitrogen and oxygen atoms in total. The summed E-state index contributed by atoms with van der Waals surface area (Å²) in [6.45, 7) is 2.26. The minimum Gasteiger partial charge on any atom is -0.350 e. The fraction of sp³-hybridized carbons (Fsp3) is 0.158. The van der Waals surface area contributed by atoms with E-state index < -0.39 is 0 Å². The van der Waals surface area contributed by atoms with E-state index in [1.54, 1.807) is 18.3 Å². The molecule has 8 heteroatoms. The number of pyridine rings is 1. The SMILES string of the molecule is Cc1ccc(C=C2SC(=O)N(CCNC(=O)c3cncc(Br)c3)C2=O)cc1. The third-order valence-corrected chi connectivity index (χ3v) is 5.18. The molecule has 3 amide bonds. The zero-order valence-electron chi connectivity index (χ0n) is 14.4. The standard InChI is InChI=1S/C19H16BrN3O3S/c1-12-2-4-13(5-3-12)8-16-18(25)23(19(26)27-16)7-6-22-17(24)14-9-15(20)11-21-10-14/h2-5,8-11H,6-7H2,1H3,(H,22,24). The van der Waals surface area contributed by atoms with Gasteiger partial charge in [0.25, 0.3) is 17.1 Å². The Morgan fingerprint density at radius 3 is 2.70 bits per heavy atom. The van der Waals surface area contributed by atoms with Gasteiger partial charge in [-0.15, -0.1) is 0 Å². The quantitative estimate of drug-likeness (QED) is 0.710. The maximum Gasteiger partial charge on any atom is 0.293 e. The van der Waals surface area contributed by atoms with E-state index >= 15 is 0 Å². The average molecular weight is 446 g/mol. The Bertz CT molecular complexity index is 928. The molecule has 0 unspecified atom stereocenters. The van der Waals surface area contributed by atoms with Gasteiger partial charge in [0.05, 0.1) is 10.5 Å². The molecule has 2 aromatic rings. The van der Waals surface area contributed by atoms with Crippen LogP contribution in [-0.2, 0) is 4.79 Å². The number of carbonyl (C=O) groups is 3. The Kier molecular flexibility index (Phi) is 6.08. The number of thioether (sulfide) groups is 1. The molecule has 2 heterocycles. The number of aryl methyl sites for hydroxylation is 1. The summed E-state index contributed by atoms with van der Waals surface area (Å²) >= 11 is 4.16. The lowest BCUT2D eigenvalue weighted by Gasteiger charge is -2.13. The summed E-state index contributed by atoms with van der Waals surface area (Å²) < 4.78 is 0.697. The van der Waals surface area contributed by atoms with Crippen molar-refractivity contribution in [1.29, 1.82) is 0 Å². The second-order valence-electron chi connectivity index (χ2n) is 5.89. The van der Waals surface area contributed by atoms with Crippen molar-refractivity contribution in [3.05, 3.63) is 68.8 Å². The lowest BCUT2D eigenvalue weighted by Crippen LogP contribution is -2.37. The summed E-state index contributed by atoms with van der Waals surface area (Å²) in [4.78, 5) is 42.1. The molecule has 1 fully saturated rings.